The Hall–Kier alpha value is -2.40. The number of phenolic OH excluding ortho intramolecular Hbond substituents is 1. The van der Waals surface area contributed by atoms with Crippen LogP contribution in [0.25, 0.3) is 0 Å². The summed E-state index contributed by atoms with van der Waals surface area (Å²) in [7, 11) is 1.53. The maximum absolute atomic E-state index is 10.1. The summed E-state index contributed by atoms with van der Waals surface area (Å²) in [5, 5.41) is 17.3. The molecular formula is C18H20ClN3O2. The topological polar surface area (TPSA) is 48.3 Å². The van der Waals surface area contributed by atoms with Crippen molar-refractivity contribution in [3.8, 4) is 11.5 Å². The minimum atomic E-state index is 0.114. The second kappa shape index (κ2) is 7.45. The van der Waals surface area contributed by atoms with Gasteiger partial charge in [-0.2, -0.15) is 5.10 Å². The van der Waals surface area contributed by atoms with Crippen LogP contribution in [-0.4, -0.2) is 49.6 Å². The van der Waals surface area contributed by atoms with Crippen LogP contribution < -0.4 is 9.64 Å². The molecule has 3 rings (SSSR count). The van der Waals surface area contributed by atoms with Gasteiger partial charge >= 0.3 is 0 Å². The average molecular weight is 346 g/mol. The molecule has 0 atom stereocenters. The van der Waals surface area contributed by atoms with Crippen LogP contribution in [0.2, 0.25) is 5.02 Å². The lowest BCUT2D eigenvalue weighted by molar-refractivity contribution is 0.272. The van der Waals surface area contributed by atoms with E-state index in [-0.39, 0.29) is 5.75 Å². The number of aromatic hydroxyl groups is 1. The molecule has 126 valence electrons. The van der Waals surface area contributed by atoms with Gasteiger partial charge in [-0.05, 0) is 36.4 Å². The van der Waals surface area contributed by atoms with E-state index in [9.17, 15) is 5.11 Å². The Labute approximate surface area is 146 Å². The zero-order valence-corrected chi connectivity index (χ0v) is 14.3. The lowest BCUT2D eigenvalue weighted by atomic mass is 10.2. The number of hydrogen-bond acceptors (Lipinski definition) is 5. The third kappa shape index (κ3) is 3.74. The van der Waals surface area contributed by atoms with Crippen LogP contribution in [0, 0.1) is 0 Å². The minimum Gasteiger partial charge on any atom is -0.504 e. The first-order chi connectivity index (χ1) is 11.7. The Morgan fingerprint density at radius 2 is 1.79 bits per heavy atom. The predicted octanol–water partition coefficient (Wildman–Crippen LogP) is 3.21. The highest BCUT2D eigenvalue weighted by Crippen LogP contribution is 2.28. The average Bonchev–Trinajstić information content (AvgIpc) is 2.62. The maximum Gasteiger partial charge on any atom is 0.166 e. The standard InChI is InChI=1S/C18H20ClN3O2/c1-24-17-4-2-3-14(18(17)23)13-20-22-11-9-21(10-12-22)16-7-5-15(19)6-8-16/h2-8,13,23H,9-12H2,1H3/b20-13-. The van der Waals surface area contributed by atoms with Crippen molar-refractivity contribution >= 4 is 23.5 Å². The van der Waals surface area contributed by atoms with E-state index in [1.54, 1.807) is 12.3 Å². The van der Waals surface area contributed by atoms with Gasteiger partial charge in [-0.1, -0.05) is 17.7 Å². The Morgan fingerprint density at radius 3 is 2.46 bits per heavy atom. The highest BCUT2D eigenvalue weighted by atomic mass is 35.5. The van der Waals surface area contributed by atoms with Crippen LogP contribution in [0.15, 0.2) is 47.6 Å². The summed E-state index contributed by atoms with van der Waals surface area (Å²) in [5.74, 6) is 0.565. The van der Waals surface area contributed by atoms with E-state index in [4.69, 9.17) is 16.3 Å². The third-order valence-corrected chi connectivity index (χ3v) is 4.31. The van der Waals surface area contributed by atoms with Gasteiger partial charge in [0, 0.05) is 29.4 Å². The molecular weight excluding hydrogens is 326 g/mol. The van der Waals surface area contributed by atoms with E-state index < -0.39 is 0 Å². The molecule has 0 aliphatic carbocycles. The maximum atomic E-state index is 10.1. The molecule has 6 heteroatoms. The highest BCUT2D eigenvalue weighted by Gasteiger charge is 2.15. The molecule has 2 aromatic rings. The molecule has 5 nitrogen and oxygen atoms in total. The first-order valence-corrected chi connectivity index (χ1v) is 8.20. The zero-order valence-electron chi connectivity index (χ0n) is 13.5. The van der Waals surface area contributed by atoms with Crippen molar-refractivity contribution in [2.45, 2.75) is 0 Å². The minimum absolute atomic E-state index is 0.114. The van der Waals surface area contributed by atoms with E-state index in [1.165, 1.54) is 12.8 Å². The molecule has 0 aromatic heterocycles. The number of phenols is 1. The van der Waals surface area contributed by atoms with E-state index in [2.05, 4.69) is 10.0 Å². The monoisotopic (exact) mass is 345 g/mol. The summed E-state index contributed by atoms with van der Waals surface area (Å²) in [6.07, 6.45) is 1.68. The number of benzene rings is 2. The summed E-state index contributed by atoms with van der Waals surface area (Å²) >= 11 is 5.93. The molecule has 1 aliphatic rings. The summed E-state index contributed by atoms with van der Waals surface area (Å²) < 4.78 is 5.11. The number of ether oxygens (including phenoxy) is 1. The molecule has 0 unspecified atom stereocenters. The van der Waals surface area contributed by atoms with Crippen molar-refractivity contribution in [2.24, 2.45) is 5.10 Å². The van der Waals surface area contributed by atoms with Gasteiger partial charge in [-0.25, -0.2) is 0 Å². The number of rotatable bonds is 4. The number of piperazine rings is 1. The number of para-hydroxylation sites is 1. The third-order valence-electron chi connectivity index (χ3n) is 4.06. The summed E-state index contributed by atoms with van der Waals surface area (Å²) in [4.78, 5) is 2.31. The Kier molecular flexibility index (Phi) is 5.11. The Balaban J connectivity index is 1.60. The van der Waals surface area contributed by atoms with Crippen LogP contribution in [0.5, 0.6) is 11.5 Å². The largest absolute Gasteiger partial charge is 0.504 e. The predicted molar refractivity (Wildman–Crippen MR) is 97.5 cm³/mol. The Bertz CT molecular complexity index is 711. The van der Waals surface area contributed by atoms with Crippen LogP contribution in [0.3, 0.4) is 0 Å². The quantitative estimate of drug-likeness (QED) is 0.864. The molecule has 0 spiro atoms. The number of methoxy groups -OCH3 is 1. The van der Waals surface area contributed by atoms with Gasteiger partial charge in [0.25, 0.3) is 0 Å². The number of nitrogens with zero attached hydrogens (tertiary/aromatic N) is 3. The first-order valence-electron chi connectivity index (χ1n) is 7.83. The van der Waals surface area contributed by atoms with E-state index in [0.29, 0.717) is 11.3 Å². The Morgan fingerprint density at radius 1 is 1.08 bits per heavy atom. The second-order valence-corrected chi connectivity index (χ2v) is 6.00. The molecule has 1 heterocycles. The van der Waals surface area contributed by atoms with Crippen LogP contribution in [0.4, 0.5) is 5.69 Å². The molecule has 0 bridgehead atoms. The van der Waals surface area contributed by atoms with E-state index in [0.717, 1.165) is 31.2 Å². The van der Waals surface area contributed by atoms with Crippen LogP contribution >= 0.6 is 11.6 Å². The lowest BCUT2D eigenvalue weighted by Gasteiger charge is -2.34. The van der Waals surface area contributed by atoms with Gasteiger partial charge in [0.05, 0.1) is 26.4 Å². The molecule has 0 saturated carbocycles. The van der Waals surface area contributed by atoms with Gasteiger partial charge in [0.1, 0.15) is 0 Å². The van der Waals surface area contributed by atoms with Gasteiger partial charge in [-0.3, -0.25) is 5.01 Å². The van der Waals surface area contributed by atoms with Crippen molar-refractivity contribution in [1.82, 2.24) is 5.01 Å². The van der Waals surface area contributed by atoms with Gasteiger partial charge in [-0.15, -0.1) is 0 Å². The highest BCUT2D eigenvalue weighted by molar-refractivity contribution is 6.30. The van der Waals surface area contributed by atoms with Gasteiger partial charge in [0.2, 0.25) is 0 Å². The fraction of sp³-hybridized carbons (Fsp3) is 0.278. The SMILES string of the molecule is COc1cccc(/C=N\N2CCN(c3ccc(Cl)cc3)CC2)c1O. The van der Waals surface area contributed by atoms with Crippen molar-refractivity contribution in [3.63, 3.8) is 0 Å². The fourth-order valence-electron chi connectivity index (χ4n) is 2.67. The fourth-order valence-corrected chi connectivity index (χ4v) is 2.80. The second-order valence-electron chi connectivity index (χ2n) is 5.56. The zero-order chi connectivity index (χ0) is 16.9. The molecule has 1 fully saturated rings. The van der Waals surface area contributed by atoms with E-state index >= 15 is 0 Å². The number of hydrogen-bond donors (Lipinski definition) is 1. The number of hydrazone groups is 1. The number of halogens is 1. The molecule has 0 amide bonds. The van der Waals surface area contributed by atoms with Crippen LogP contribution in [-0.2, 0) is 0 Å². The molecule has 1 saturated heterocycles. The molecule has 1 N–H and O–H groups in total. The summed E-state index contributed by atoms with van der Waals surface area (Å²) in [6, 6.07) is 13.3. The lowest BCUT2D eigenvalue weighted by Crippen LogP contribution is -2.44. The summed E-state index contributed by atoms with van der Waals surface area (Å²) in [5.41, 5.74) is 1.82. The van der Waals surface area contributed by atoms with Gasteiger partial charge in [0.15, 0.2) is 11.5 Å². The van der Waals surface area contributed by atoms with E-state index in [1.807, 2.05) is 41.4 Å². The molecule has 24 heavy (non-hydrogen) atoms. The first kappa shape index (κ1) is 16.5. The normalized spacial score (nSPS) is 15.1. The van der Waals surface area contributed by atoms with Crippen molar-refractivity contribution in [3.05, 3.63) is 53.1 Å². The smallest absolute Gasteiger partial charge is 0.166 e. The van der Waals surface area contributed by atoms with Gasteiger partial charge < -0.3 is 14.7 Å². The van der Waals surface area contributed by atoms with Crippen molar-refractivity contribution in [1.29, 1.82) is 0 Å². The van der Waals surface area contributed by atoms with Crippen LogP contribution in [0.1, 0.15) is 5.56 Å². The molecule has 1 aliphatic heterocycles. The molecule has 0 radical (unpaired) electrons. The molecule has 2 aromatic carbocycles. The van der Waals surface area contributed by atoms with Crippen molar-refractivity contribution < 1.29 is 9.84 Å². The summed E-state index contributed by atoms with van der Waals surface area (Å²) in [6.45, 7) is 3.43. The van der Waals surface area contributed by atoms with Crippen molar-refractivity contribution in [2.75, 3.05) is 38.2 Å². The number of anilines is 1.